The van der Waals surface area contributed by atoms with Crippen LogP contribution in [0.25, 0.3) is 0 Å². The highest BCUT2D eigenvalue weighted by molar-refractivity contribution is 6.67. The molecule has 0 fully saturated rings. The number of esters is 2. The highest BCUT2D eigenvalue weighted by atomic mass is 35.6. The van der Waals surface area contributed by atoms with Gasteiger partial charge in [-0.2, -0.15) is 0 Å². The molecule has 0 saturated carbocycles. The Labute approximate surface area is 148 Å². The van der Waals surface area contributed by atoms with Crippen molar-refractivity contribution in [3.63, 3.8) is 0 Å². The van der Waals surface area contributed by atoms with Gasteiger partial charge in [0.2, 0.25) is 3.79 Å². The van der Waals surface area contributed by atoms with Gasteiger partial charge in [-0.1, -0.05) is 60.1 Å². The molecule has 0 radical (unpaired) electrons. The van der Waals surface area contributed by atoms with Crippen LogP contribution in [0.3, 0.4) is 0 Å². The number of nitrogens with one attached hydrogen (secondary N) is 1. The molecule has 0 saturated heterocycles. The predicted octanol–water partition coefficient (Wildman–Crippen LogP) is 2.30. The third-order valence-electron chi connectivity index (χ3n) is 2.02. The first-order chi connectivity index (χ1) is 10.7. The summed E-state index contributed by atoms with van der Waals surface area (Å²) < 4.78 is 12.3. The Kier molecular flexibility index (Phi) is 10.5. The van der Waals surface area contributed by atoms with E-state index in [0.29, 0.717) is 0 Å². The number of amides is 1. The van der Waals surface area contributed by atoms with Crippen LogP contribution in [-0.2, 0) is 23.8 Å². The fourth-order valence-electron chi connectivity index (χ4n) is 1.14. The molecule has 0 heterocycles. The number of carbonyl (C=O) groups is 3. The molecule has 0 aliphatic carbocycles. The SMILES string of the molecule is C=CCOC(=O)C[C@H](NC(=O)OCC=C)C(=O)OCC(Cl)(Cl)Cl. The van der Waals surface area contributed by atoms with Crippen molar-refractivity contribution in [1.29, 1.82) is 0 Å². The van der Waals surface area contributed by atoms with Gasteiger partial charge in [0.1, 0.15) is 25.9 Å². The third-order valence-corrected chi connectivity index (χ3v) is 2.35. The van der Waals surface area contributed by atoms with Gasteiger partial charge in [-0.25, -0.2) is 9.59 Å². The molecule has 1 amide bonds. The molecule has 0 spiro atoms. The van der Waals surface area contributed by atoms with E-state index >= 15 is 0 Å². The van der Waals surface area contributed by atoms with Crippen molar-refractivity contribution in [2.24, 2.45) is 0 Å². The van der Waals surface area contributed by atoms with E-state index in [1.807, 2.05) is 0 Å². The maximum absolute atomic E-state index is 11.9. The van der Waals surface area contributed by atoms with E-state index in [1.54, 1.807) is 0 Å². The smallest absolute Gasteiger partial charge is 0.408 e. The number of hydrogen-bond donors (Lipinski definition) is 1. The van der Waals surface area contributed by atoms with Gasteiger partial charge in [-0.05, 0) is 0 Å². The lowest BCUT2D eigenvalue weighted by atomic mass is 10.2. The molecule has 0 rings (SSSR count). The first-order valence-electron chi connectivity index (χ1n) is 6.23. The quantitative estimate of drug-likeness (QED) is 0.282. The molecule has 0 aromatic carbocycles. The first kappa shape index (κ1) is 21.6. The summed E-state index contributed by atoms with van der Waals surface area (Å²) in [6.45, 7) is 6.05. The first-order valence-corrected chi connectivity index (χ1v) is 7.37. The number of alkyl carbamates (subject to hydrolysis) is 1. The average Bonchev–Trinajstić information content (AvgIpc) is 2.47. The molecule has 0 unspecified atom stereocenters. The van der Waals surface area contributed by atoms with Crippen molar-refractivity contribution in [3.8, 4) is 0 Å². The van der Waals surface area contributed by atoms with Crippen LogP contribution in [0.15, 0.2) is 25.3 Å². The largest absolute Gasteiger partial charge is 0.461 e. The van der Waals surface area contributed by atoms with Crippen LogP contribution in [-0.4, -0.2) is 47.7 Å². The highest BCUT2D eigenvalue weighted by Gasteiger charge is 2.29. The molecule has 1 N–H and O–H groups in total. The van der Waals surface area contributed by atoms with Gasteiger partial charge in [0.15, 0.2) is 0 Å². The maximum atomic E-state index is 11.9. The Morgan fingerprint density at radius 2 is 1.61 bits per heavy atom. The molecular formula is C13H16Cl3NO6. The monoisotopic (exact) mass is 387 g/mol. The number of carbonyl (C=O) groups excluding carboxylic acids is 3. The van der Waals surface area contributed by atoms with Gasteiger partial charge < -0.3 is 19.5 Å². The molecule has 23 heavy (non-hydrogen) atoms. The van der Waals surface area contributed by atoms with E-state index in [0.717, 1.165) is 0 Å². The van der Waals surface area contributed by atoms with Crippen LogP contribution in [0.5, 0.6) is 0 Å². The normalized spacial score (nSPS) is 11.8. The summed E-state index contributed by atoms with van der Waals surface area (Å²) in [6.07, 6.45) is 1.24. The Hall–Kier alpha value is -1.44. The summed E-state index contributed by atoms with van der Waals surface area (Å²) >= 11 is 16.4. The zero-order valence-corrected chi connectivity index (χ0v) is 14.3. The fraction of sp³-hybridized carbons (Fsp3) is 0.462. The summed E-state index contributed by atoms with van der Waals surface area (Å²) in [4.78, 5) is 34.9. The van der Waals surface area contributed by atoms with Crippen LogP contribution >= 0.6 is 34.8 Å². The zero-order valence-electron chi connectivity index (χ0n) is 12.1. The molecule has 1 atom stereocenters. The number of halogens is 3. The van der Waals surface area contributed by atoms with E-state index in [-0.39, 0.29) is 13.2 Å². The van der Waals surface area contributed by atoms with Crippen LogP contribution in [0, 0.1) is 0 Å². The van der Waals surface area contributed by atoms with E-state index in [2.05, 4.69) is 23.2 Å². The molecule has 130 valence electrons. The van der Waals surface area contributed by atoms with Gasteiger partial charge in [0.25, 0.3) is 0 Å². The lowest BCUT2D eigenvalue weighted by molar-refractivity contribution is -0.152. The molecule has 10 heteroatoms. The number of rotatable bonds is 9. The second-order valence-corrected chi connectivity index (χ2v) is 6.50. The van der Waals surface area contributed by atoms with E-state index < -0.39 is 40.9 Å². The minimum Gasteiger partial charge on any atom is -0.461 e. The second-order valence-electron chi connectivity index (χ2n) is 3.98. The fourth-order valence-corrected chi connectivity index (χ4v) is 1.31. The summed E-state index contributed by atoms with van der Waals surface area (Å²) in [5, 5.41) is 2.16. The number of ether oxygens (including phenoxy) is 3. The molecular weight excluding hydrogens is 373 g/mol. The van der Waals surface area contributed by atoms with Crippen LogP contribution in [0.2, 0.25) is 0 Å². The standard InChI is InChI=1S/C13H16Cl3NO6/c1-3-5-21-10(18)7-9(17-12(20)22-6-4-2)11(19)23-8-13(14,15)16/h3-4,9H,1-2,5-8H2,(H,17,20)/t9-/m0/s1. The molecule has 0 aromatic rings. The second kappa shape index (κ2) is 11.2. The van der Waals surface area contributed by atoms with Crippen molar-refractivity contribution in [3.05, 3.63) is 25.3 Å². The van der Waals surface area contributed by atoms with E-state index in [1.165, 1.54) is 12.2 Å². The van der Waals surface area contributed by atoms with Gasteiger partial charge in [-0.3, -0.25) is 4.79 Å². The minimum absolute atomic E-state index is 0.0460. The molecule has 0 aromatic heterocycles. The van der Waals surface area contributed by atoms with Gasteiger partial charge >= 0.3 is 18.0 Å². The third kappa shape index (κ3) is 11.7. The lowest BCUT2D eigenvalue weighted by Gasteiger charge is -2.18. The molecule has 0 bridgehead atoms. The minimum atomic E-state index is -1.83. The number of alkyl halides is 3. The summed E-state index contributed by atoms with van der Waals surface area (Å²) in [5.41, 5.74) is 0. The topological polar surface area (TPSA) is 90.9 Å². The summed E-state index contributed by atoms with van der Waals surface area (Å²) in [5.74, 6) is -1.74. The molecule has 7 nitrogen and oxygen atoms in total. The van der Waals surface area contributed by atoms with Crippen LogP contribution < -0.4 is 5.32 Å². The van der Waals surface area contributed by atoms with Crippen molar-refractivity contribution in [1.82, 2.24) is 5.32 Å². The van der Waals surface area contributed by atoms with Crippen molar-refractivity contribution >= 4 is 52.8 Å². The van der Waals surface area contributed by atoms with E-state index in [9.17, 15) is 14.4 Å². The Balaban J connectivity index is 4.73. The van der Waals surface area contributed by atoms with Crippen LogP contribution in [0.1, 0.15) is 6.42 Å². The average molecular weight is 389 g/mol. The van der Waals surface area contributed by atoms with E-state index in [4.69, 9.17) is 44.3 Å². The van der Waals surface area contributed by atoms with Gasteiger partial charge in [-0.15, -0.1) is 0 Å². The van der Waals surface area contributed by atoms with Gasteiger partial charge in [0.05, 0.1) is 6.42 Å². The van der Waals surface area contributed by atoms with Crippen LogP contribution in [0.4, 0.5) is 4.79 Å². The maximum Gasteiger partial charge on any atom is 0.408 e. The van der Waals surface area contributed by atoms with Crippen molar-refractivity contribution in [2.45, 2.75) is 16.3 Å². The van der Waals surface area contributed by atoms with Gasteiger partial charge in [0, 0.05) is 0 Å². The lowest BCUT2D eigenvalue weighted by Crippen LogP contribution is -2.44. The van der Waals surface area contributed by atoms with Crippen molar-refractivity contribution in [2.75, 3.05) is 19.8 Å². The van der Waals surface area contributed by atoms with Crippen molar-refractivity contribution < 1.29 is 28.6 Å². The molecule has 0 aliphatic rings. The Morgan fingerprint density at radius 3 is 2.13 bits per heavy atom. The Bertz CT molecular complexity index is 423. The molecule has 0 aliphatic heterocycles. The summed E-state index contributed by atoms with van der Waals surface area (Å²) in [7, 11) is 0. The summed E-state index contributed by atoms with van der Waals surface area (Å²) in [6, 6.07) is -1.36. The predicted molar refractivity (Wildman–Crippen MR) is 85.5 cm³/mol. The number of hydrogen-bond acceptors (Lipinski definition) is 6. The zero-order chi connectivity index (χ0) is 17.9. The highest BCUT2D eigenvalue weighted by Crippen LogP contribution is 2.26. The Morgan fingerprint density at radius 1 is 1.04 bits per heavy atom.